The second-order valence-electron chi connectivity index (χ2n) is 6.43. The standard InChI is InChI=1S/C21H27N3O3/c1-25-19-10-9-15(14-20(19)26-2)6-5-12-23-21(22)24-17-11-13-27-18-8-4-3-7-16(17)18/h3-4,7-10,14,17H,5-6,11-13H2,1-2H3,(H3,22,23,24). The second kappa shape index (κ2) is 9.16. The van der Waals surface area contributed by atoms with Crippen molar-refractivity contribution in [2.75, 3.05) is 27.4 Å². The molecule has 1 atom stereocenters. The number of hydrogen-bond donors (Lipinski definition) is 2. The van der Waals surface area contributed by atoms with Crippen LogP contribution in [0.25, 0.3) is 0 Å². The summed E-state index contributed by atoms with van der Waals surface area (Å²) >= 11 is 0. The first-order valence-electron chi connectivity index (χ1n) is 9.20. The zero-order valence-corrected chi connectivity index (χ0v) is 15.9. The van der Waals surface area contributed by atoms with E-state index >= 15 is 0 Å². The van der Waals surface area contributed by atoms with Crippen molar-refractivity contribution in [3.63, 3.8) is 0 Å². The number of nitrogens with one attached hydrogen (secondary N) is 1. The third-order valence-electron chi connectivity index (χ3n) is 4.63. The molecule has 0 aliphatic carbocycles. The average Bonchev–Trinajstić information content (AvgIpc) is 2.71. The molecule has 2 aromatic carbocycles. The lowest BCUT2D eigenvalue weighted by Gasteiger charge is -2.26. The quantitative estimate of drug-likeness (QED) is 0.446. The van der Waals surface area contributed by atoms with Gasteiger partial charge in [0.05, 0.1) is 26.9 Å². The fourth-order valence-corrected chi connectivity index (χ4v) is 3.23. The number of rotatable bonds is 7. The van der Waals surface area contributed by atoms with E-state index in [1.165, 1.54) is 5.56 Å². The highest BCUT2D eigenvalue weighted by Gasteiger charge is 2.21. The number of hydrogen-bond acceptors (Lipinski definition) is 4. The van der Waals surface area contributed by atoms with Gasteiger partial charge in [-0.15, -0.1) is 0 Å². The molecule has 0 saturated carbocycles. The Morgan fingerprint density at radius 1 is 1.19 bits per heavy atom. The fourth-order valence-electron chi connectivity index (χ4n) is 3.23. The van der Waals surface area contributed by atoms with Crippen LogP contribution in [-0.4, -0.2) is 33.3 Å². The maximum absolute atomic E-state index is 6.09. The molecule has 0 aromatic heterocycles. The molecular weight excluding hydrogens is 342 g/mol. The summed E-state index contributed by atoms with van der Waals surface area (Å²) in [5, 5.41) is 3.32. The molecule has 144 valence electrons. The third kappa shape index (κ3) is 4.84. The van der Waals surface area contributed by atoms with E-state index in [0.29, 0.717) is 19.1 Å². The van der Waals surface area contributed by atoms with Gasteiger partial charge in [-0.05, 0) is 36.6 Å². The van der Waals surface area contributed by atoms with Gasteiger partial charge in [0.25, 0.3) is 0 Å². The Morgan fingerprint density at radius 2 is 2.00 bits per heavy atom. The molecule has 1 aliphatic heterocycles. The summed E-state index contributed by atoms with van der Waals surface area (Å²) in [4.78, 5) is 4.47. The second-order valence-corrected chi connectivity index (χ2v) is 6.43. The van der Waals surface area contributed by atoms with E-state index < -0.39 is 0 Å². The molecule has 0 radical (unpaired) electrons. The summed E-state index contributed by atoms with van der Waals surface area (Å²) in [7, 11) is 3.28. The van der Waals surface area contributed by atoms with Gasteiger partial charge >= 0.3 is 0 Å². The van der Waals surface area contributed by atoms with Crippen LogP contribution in [0.1, 0.15) is 30.0 Å². The summed E-state index contributed by atoms with van der Waals surface area (Å²) in [6, 6.07) is 14.2. The first-order valence-corrected chi connectivity index (χ1v) is 9.20. The number of aliphatic imine (C=N–C) groups is 1. The monoisotopic (exact) mass is 369 g/mol. The van der Waals surface area contributed by atoms with E-state index in [-0.39, 0.29) is 6.04 Å². The molecule has 2 aromatic rings. The minimum atomic E-state index is 0.143. The largest absolute Gasteiger partial charge is 0.493 e. The van der Waals surface area contributed by atoms with E-state index in [2.05, 4.69) is 16.4 Å². The zero-order chi connectivity index (χ0) is 19.1. The number of nitrogens with zero attached hydrogens (tertiary/aromatic N) is 1. The average molecular weight is 369 g/mol. The number of benzene rings is 2. The van der Waals surface area contributed by atoms with Gasteiger partial charge in [0, 0.05) is 18.5 Å². The predicted molar refractivity (Wildman–Crippen MR) is 107 cm³/mol. The number of guanidine groups is 1. The number of ether oxygens (including phenoxy) is 3. The molecule has 0 amide bonds. The minimum absolute atomic E-state index is 0.143. The van der Waals surface area contributed by atoms with E-state index in [1.54, 1.807) is 14.2 Å². The Bertz CT molecular complexity index is 792. The van der Waals surface area contributed by atoms with Crippen LogP contribution in [0.15, 0.2) is 47.5 Å². The molecule has 0 fully saturated rings. The van der Waals surface area contributed by atoms with Gasteiger partial charge < -0.3 is 25.3 Å². The van der Waals surface area contributed by atoms with Crippen molar-refractivity contribution in [2.45, 2.75) is 25.3 Å². The lowest BCUT2D eigenvalue weighted by molar-refractivity contribution is 0.262. The Kier molecular flexibility index (Phi) is 6.41. The molecule has 3 rings (SSSR count). The highest BCUT2D eigenvalue weighted by Crippen LogP contribution is 2.31. The summed E-state index contributed by atoms with van der Waals surface area (Å²) in [6.45, 7) is 1.35. The maximum atomic E-state index is 6.09. The van der Waals surface area contributed by atoms with Crippen molar-refractivity contribution in [3.8, 4) is 17.2 Å². The van der Waals surface area contributed by atoms with E-state index in [4.69, 9.17) is 19.9 Å². The number of fused-ring (bicyclic) bond motifs is 1. The Balaban J connectivity index is 1.50. The molecule has 27 heavy (non-hydrogen) atoms. The number of nitrogens with two attached hydrogens (primary N) is 1. The van der Waals surface area contributed by atoms with Crippen molar-refractivity contribution in [3.05, 3.63) is 53.6 Å². The van der Waals surface area contributed by atoms with Crippen LogP contribution in [0, 0.1) is 0 Å². The number of para-hydroxylation sites is 1. The molecule has 1 heterocycles. The highest BCUT2D eigenvalue weighted by molar-refractivity contribution is 5.78. The summed E-state index contributed by atoms with van der Waals surface area (Å²) in [6.07, 6.45) is 2.68. The Hall–Kier alpha value is -2.89. The molecular formula is C21H27N3O3. The number of aryl methyl sites for hydroxylation is 1. The van der Waals surface area contributed by atoms with Gasteiger partial charge in [-0.25, -0.2) is 0 Å². The highest BCUT2D eigenvalue weighted by atomic mass is 16.5. The molecule has 1 aliphatic rings. The SMILES string of the molecule is COc1ccc(CCCN=C(N)NC2CCOc3ccccc32)cc1OC. The molecule has 1 unspecified atom stereocenters. The van der Waals surface area contributed by atoms with Gasteiger partial charge in [0.15, 0.2) is 17.5 Å². The summed E-state index contributed by atoms with van der Waals surface area (Å²) in [5.41, 5.74) is 8.41. The predicted octanol–water partition coefficient (Wildman–Crippen LogP) is 3.06. The molecule has 0 saturated heterocycles. The molecule has 6 heteroatoms. The van der Waals surface area contributed by atoms with Crippen molar-refractivity contribution >= 4 is 5.96 Å². The van der Waals surface area contributed by atoms with Crippen molar-refractivity contribution in [1.29, 1.82) is 0 Å². The van der Waals surface area contributed by atoms with Gasteiger partial charge in [-0.1, -0.05) is 24.3 Å². The fraction of sp³-hybridized carbons (Fsp3) is 0.381. The van der Waals surface area contributed by atoms with Crippen LogP contribution >= 0.6 is 0 Å². The van der Waals surface area contributed by atoms with Gasteiger partial charge in [0.1, 0.15) is 5.75 Å². The van der Waals surface area contributed by atoms with E-state index in [1.807, 2.05) is 36.4 Å². The van der Waals surface area contributed by atoms with Gasteiger partial charge in [-0.3, -0.25) is 4.99 Å². The molecule has 3 N–H and O–H groups in total. The van der Waals surface area contributed by atoms with E-state index in [9.17, 15) is 0 Å². The van der Waals surface area contributed by atoms with Crippen LogP contribution in [0.2, 0.25) is 0 Å². The third-order valence-corrected chi connectivity index (χ3v) is 4.63. The van der Waals surface area contributed by atoms with Crippen molar-refractivity contribution in [2.24, 2.45) is 10.7 Å². The lowest BCUT2D eigenvalue weighted by Crippen LogP contribution is -2.37. The van der Waals surface area contributed by atoms with E-state index in [0.717, 1.165) is 42.1 Å². The van der Waals surface area contributed by atoms with Crippen LogP contribution in [-0.2, 0) is 6.42 Å². The summed E-state index contributed by atoms with van der Waals surface area (Å²) in [5.74, 6) is 2.88. The summed E-state index contributed by atoms with van der Waals surface area (Å²) < 4.78 is 16.3. The lowest BCUT2D eigenvalue weighted by atomic mass is 10.0. The maximum Gasteiger partial charge on any atom is 0.189 e. The normalized spacial score (nSPS) is 16.2. The van der Waals surface area contributed by atoms with Crippen LogP contribution < -0.4 is 25.3 Å². The topological polar surface area (TPSA) is 78.1 Å². The number of methoxy groups -OCH3 is 2. The molecule has 6 nitrogen and oxygen atoms in total. The van der Waals surface area contributed by atoms with Crippen LogP contribution in [0.3, 0.4) is 0 Å². The van der Waals surface area contributed by atoms with Crippen LogP contribution in [0.5, 0.6) is 17.2 Å². The van der Waals surface area contributed by atoms with Crippen LogP contribution in [0.4, 0.5) is 0 Å². The Labute approximate surface area is 160 Å². The molecule has 0 spiro atoms. The Morgan fingerprint density at radius 3 is 2.81 bits per heavy atom. The first-order chi connectivity index (χ1) is 13.2. The van der Waals surface area contributed by atoms with Gasteiger partial charge in [0.2, 0.25) is 0 Å². The minimum Gasteiger partial charge on any atom is -0.493 e. The smallest absolute Gasteiger partial charge is 0.189 e. The zero-order valence-electron chi connectivity index (χ0n) is 15.9. The van der Waals surface area contributed by atoms with Crippen molar-refractivity contribution < 1.29 is 14.2 Å². The first kappa shape index (κ1) is 18.9. The van der Waals surface area contributed by atoms with Gasteiger partial charge in [-0.2, -0.15) is 0 Å². The molecule has 0 bridgehead atoms. The van der Waals surface area contributed by atoms with Crippen molar-refractivity contribution in [1.82, 2.24) is 5.32 Å².